The second kappa shape index (κ2) is 6.76. The van der Waals surface area contributed by atoms with Crippen LogP contribution in [0.5, 0.6) is 0 Å². The summed E-state index contributed by atoms with van der Waals surface area (Å²) in [5.41, 5.74) is 5.09. The highest BCUT2D eigenvalue weighted by atomic mass is 15.0. The number of benzene rings is 2. The van der Waals surface area contributed by atoms with Gasteiger partial charge in [-0.3, -0.25) is 5.41 Å². The molecule has 0 radical (unpaired) electrons. The van der Waals surface area contributed by atoms with Crippen molar-refractivity contribution in [3.05, 3.63) is 95.1 Å². The number of allylic oxidation sites excluding steroid dienone is 2. The van der Waals surface area contributed by atoms with E-state index in [1.54, 1.807) is 0 Å². The molecule has 0 aromatic heterocycles. The summed E-state index contributed by atoms with van der Waals surface area (Å²) in [5.74, 6) is 0.255. The number of nitrogens with one attached hydrogen (secondary N) is 1. The zero-order valence-electron chi connectivity index (χ0n) is 13.7. The van der Waals surface area contributed by atoms with Crippen LogP contribution in [0.1, 0.15) is 22.6 Å². The summed E-state index contributed by atoms with van der Waals surface area (Å²) >= 11 is 0. The van der Waals surface area contributed by atoms with E-state index in [-0.39, 0.29) is 5.92 Å². The molecule has 0 amide bonds. The Hall–Kier alpha value is -2.45. The first-order chi connectivity index (χ1) is 11.1. The molecule has 116 valence electrons. The monoisotopic (exact) mass is 302 g/mol. The van der Waals surface area contributed by atoms with Crippen molar-refractivity contribution >= 4 is 5.71 Å². The van der Waals surface area contributed by atoms with E-state index in [0.717, 1.165) is 17.7 Å². The number of rotatable bonds is 5. The summed E-state index contributed by atoms with van der Waals surface area (Å²) in [6.07, 6.45) is 6.74. The quantitative estimate of drug-likeness (QED) is 0.822. The normalized spacial score (nSPS) is 16.7. The third kappa shape index (κ3) is 3.49. The van der Waals surface area contributed by atoms with E-state index in [4.69, 9.17) is 5.41 Å². The van der Waals surface area contributed by atoms with Gasteiger partial charge < -0.3 is 4.90 Å². The smallest absolute Gasteiger partial charge is 0.0687 e. The van der Waals surface area contributed by atoms with Crippen LogP contribution < -0.4 is 0 Å². The van der Waals surface area contributed by atoms with Gasteiger partial charge in [-0.1, -0.05) is 72.8 Å². The molecule has 2 heteroatoms. The van der Waals surface area contributed by atoms with E-state index in [9.17, 15) is 0 Å². The molecule has 0 aliphatic heterocycles. The summed E-state index contributed by atoms with van der Waals surface area (Å²) in [5, 5.41) is 8.59. The summed E-state index contributed by atoms with van der Waals surface area (Å²) < 4.78 is 0. The molecule has 1 N–H and O–H groups in total. The average molecular weight is 302 g/mol. The van der Waals surface area contributed by atoms with Crippen LogP contribution >= 0.6 is 0 Å². The molecule has 1 atom stereocenters. The molecule has 1 aliphatic carbocycles. The molecular formula is C21H22N2. The predicted octanol–water partition coefficient (Wildman–Crippen LogP) is 4.24. The van der Waals surface area contributed by atoms with Gasteiger partial charge >= 0.3 is 0 Å². The van der Waals surface area contributed by atoms with Crippen LogP contribution in [0.3, 0.4) is 0 Å². The lowest BCUT2D eigenvalue weighted by molar-refractivity contribution is 0.449. The molecule has 23 heavy (non-hydrogen) atoms. The van der Waals surface area contributed by atoms with Crippen LogP contribution in [0, 0.1) is 5.41 Å². The largest absolute Gasteiger partial charge is 0.305 e. The number of hydrogen-bond donors (Lipinski definition) is 1. The lowest BCUT2D eigenvalue weighted by Gasteiger charge is -2.14. The molecule has 2 aromatic carbocycles. The lowest BCUT2D eigenvalue weighted by atomic mass is 9.90. The Bertz CT molecular complexity index is 754. The van der Waals surface area contributed by atoms with E-state index in [2.05, 4.69) is 55.4 Å². The molecule has 0 saturated heterocycles. The van der Waals surface area contributed by atoms with Crippen LogP contribution in [0.2, 0.25) is 0 Å². The Morgan fingerprint density at radius 2 is 1.70 bits per heavy atom. The number of nitrogens with zero attached hydrogens (tertiary/aromatic N) is 1. The Labute approximate surface area is 138 Å². The fourth-order valence-corrected chi connectivity index (χ4v) is 3.01. The van der Waals surface area contributed by atoms with Gasteiger partial charge in [-0.25, -0.2) is 0 Å². The van der Waals surface area contributed by atoms with E-state index in [1.807, 2.05) is 36.4 Å². The Balaban J connectivity index is 1.92. The van der Waals surface area contributed by atoms with Crippen molar-refractivity contribution in [1.29, 1.82) is 5.41 Å². The van der Waals surface area contributed by atoms with Gasteiger partial charge in [0.15, 0.2) is 0 Å². The molecule has 0 spiro atoms. The first-order valence-corrected chi connectivity index (χ1v) is 7.92. The van der Waals surface area contributed by atoms with Crippen LogP contribution in [-0.2, 0) is 0 Å². The minimum absolute atomic E-state index is 0.255. The number of likely N-dealkylation sites (N-methyl/N-ethyl adjacent to an activating group) is 1. The molecule has 0 fully saturated rings. The molecule has 0 heterocycles. The summed E-state index contributed by atoms with van der Waals surface area (Å²) in [7, 11) is 4.17. The van der Waals surface area contributed by atoms with Crippen LogP contribution in [-0.4, -0.2) is 31.3 Å². The molecule has 1 unspecified atom stereocenters. The van der Waals surface area contributed by atoms with Gasteiger partial charge in [0, 0.05) is 23.6 Å². The van der Waals surface area contributed by atoms with Crippen LogP contribution in [0.15, 0.2) is 78.4 Å². The Morgan fingerprint density at radius 3 is 2.43 bits per heavy atom. The standard InChI is InChI=1S/C21H22N2/c1-23(2)15-16-12-13-18(14-16)19-10-6-7-11-20(19)21(22)17-8-4-3-5-9-17/h3-14,18,22H,15H2,1-2H3. The summed E-state index contributed by atoms with van der Waals surface area (Å²) in [4.78, 5) is 2.18. The fourth-order valence-electron chi connectivity index (χ4n) is 3.01. The SMILES string of the molecule is CN(C)CC1=CC(c2ccccc2C(=N)c2ccccc2)C=C1. The molecular weight excluding hydrogens is 280 g/mol. The van der Waals surface area contributed by atoms with Gasteiger partial charge in [0.05, 0.1) is 5.71 Å². The van der Waals surface area contributed by atoms with Gasteiger partial charge in [-0.05, 0) is 25.2 Å². The Kier molecular flexibility index (Phi) is 4.54. The minimum Gasteiger partial charge on any atom is -0.305 e. The Morgan fingerprint density at radius 1 is 1.00 bits per heavy atom. The maximum atomic E-state index is 8.59. The van der Waals surface area contributed by atoms with Gasteiger partial charge in [0.2, 0.25) is 0 Å². The third-order valence-electron chi connectivity index (χ3n) is 4.06. The summed E-state index contributed by atoms with van der Waals surface area (Å²) in [6.45, 7) is 0.950. The topological polar surface area (TPSA) is 27.1 Å². The molecule has 2 nitrogen and oxygen atoms in total. The second-order valence-corrected chi connectivity index (χ2v) is 6.19. The van der Waals surface area contributed by atoms with Crippen molar-refractivity contribution in [2.24, 2.45) is 0 Å². The highest BCUT2D eigenvalue weighted by Gasteiger charge is 2.17. The second-order valence-electron chi connectivity index (χ2n) is 6.19. The highest BCUT2D eigenvalue weighted by Crippen LogP contribution is 2.30. The van der Waals surface area contributed by atoms with Crippen LogP contribution in [0.4, 0.5) is 0 Å². The van der Waals surface area contributed by atoms with Gasteiger partial charge in [0.1, 0.15) is 0 Å². The van der Waals surface area contributed by atoms with Crippen molar-refractivity contribution in [2.75, 3.05) is 20.6 Å². The van der Waals surface area contributed by atoms with E-state index >= 15 is 0 Å². The first kappa shape index (κ1) is 15.4. The van der Waals surface area contributed by atoms with Gasteiger partial charge in [-0.2, -0.15) is 0 Å². The molecule has 0 bridgehead atoms. The van der Waals surface area contributed by atoms with E-state index in [0.29, 0.717) is 5.71 Å². The predicted molar refractivity (Wildman–Crippen MR) is 97.3 cm³/mol. The first-order valence-electron chi connectivity index (χ1n) is 7.92. The van der Waals surface area contributed by atoms with Gasteiger partial charge in [-0.15, -0.1) is 0 Å². The van der Waals surface area contributed by atoms with Crippen molar-refractivity contribution in [3.63, 3.8) is 0 Å². The molecule has 0 saturated carbocycles. The van der Waals surface area contributed by atoms with Crippen molar-refractivity contribution < 1.29 is 0 Å². The van der Waals surface area contributed by atoms with E-state index < -0.39 is 0 Å². The minimum atomic E-state index is 0.255. The van der Waals surface area contributed by atoms with Crippen molar-refractivity contribution in [1.82, 2.24) is 4.90 Å². The molecule has 1 aliphatic rings. The maximum Gasteiger partial charge on any atom is 0.0687 e. The lowest BCUT2D eigenvalue weighted by Crippen LogP contribution is -2.13. The number of hydrogen-bond acceptors (Lipinski definition) is 2. The molecule has 2 aromatic rings. The highest BCUT2D eigenvalue weighted by molar-refractivity contribution is 6.11. The van der Waals surface area contributed by atoms with Gasteiger partial charge in [0.25, 0.3) is 0 Å². The van der Waals surface area contributed by atoms with Crippen LogP contribution in [0.25, 0.3) is 0 Å². The van der Waals surface area contributed by atoms with Crippen molar-refractivity contribution in [2.45, 2.75) is 5.92 Å². The zero-order valence-corrected chi connectivity index (χ0v) is 13.7. The van der Waals surface area contributed by atoms with Crippen molar-refractivity contribution in [3.8, 4) is 0 Å². The molecule has 3 rings (SSSR count). The average Bonchev–Trinajstić information content (AvgIpc) is 3.02. The summed E-state index contributed by atoms with van der Waals surface area (Å²) in [6, 6.07) is 18.2. The van der Waals surface area contributed by atoms with E-state index in [1.165, 1.54) is 11.1 Å². The maximum absolute atomic E-state index is 8.59. The third-order valence-corrected chi connectivity index (χ3v) is 4.06. The zero-order chi connectivity index (χ0) is 16.2. The fraction of sp³-hybridized carbons (Fsp3) is 0.190.